The third kappa shape index (κ3) is 3.51. The van der Waals surface area contributed by atoms with Gasteiger partial charge in [0.1, 0.15) is 6.61 Å². The van der Waals surface area contributed by atoms with Crippen molar-refractivity contribution in [2.75, 3.05) is 26.7 Å². The number of hydrogen-bond acceptors (Lipinski definition) is 6. The first kappa shape index (κ1) is 17.9. The van der Waals surface area contributed by atoms with Crippen LogP contribution in [0, 0.1) is 5.41 Å². The molecule has 7 nitrogen and oxygen atoms in total. The fourth-order valence-electron chi connectivity index (χ4n) is 5.05. The molecule has 1 saturated carbocycles. The van der Waals surface area contributed by atoms with Gasteiger partial charge in [0.15, 0.2) is 5.82 Å². The Balaban J connectivity index is 1.39. The highest BCUT2D eigenvalue weighted by Gasteiger charge is 2.49. The van der Waals surface area contributed by atoms with Crippen molar-refractivity contribution in [2.24, 2.45) is 5.41 Å². The molecule has 1 aromatic rings. The van der Waals surface area contributed by atoms with Crippen LogP contribution in [-0.2, 0) is 22.7 Å². The monoisotopic (exact) mass is 362 g/mol. The predicted octanol–water partition coefficient (Wildman–Crippen LogP) is 2.36. The Bertz CT molecular complexity index is 628. The first-order chi connectivity index (χ1) is 12.7. The van der Waals surface area contributed by atoms with Gasteiger partial charge in [-0.15, -0.1) is 0 Å². The minimum atomic E-state index is -0.189. The van der Waals surface area contributed by atoms with E-state index < -0.39 is 0 Å². The average molecular weight is 362 g/mol. The van der Waals surface area contributed by atoms with Gasteiger partial charge in [0, 0.05) is 26.2 Å². The summed E-state index contributed by atoms with van der Waals surface area (Å²) in [6, 6.07) is 0.481. The van der Waals surface area contributed by atoms with E-state index in [1.54, 1.807) is 7.11 Å². The fraction of sp³-hybridized carbons (Fsp3) is 0.842. The highest BCUT2D eigenvalue weighted by Crippen LogP contribution is 2.42. The number of piperidine rings is 1. The van der Waals surface area contributed by atoms with Gasteiger partial charge in [0.05, 0.1) is 12.0 Å². The molecule has 1 aliphatic carbocycles. The summed E-state index contributed by atoms with van der Waals surface area (Å²) in [5.41, 5.74) is -0.189. The van der Waals surface area contributed by atoms with Gasteiger partial charge in [-0.1, -0.05) is 24.4 Å². The van der Waals surface area contributed by atoms with Crippen LogP contribution in [0.15, 0.2) is 4.52 Å². The van der Waals surface area contributed by atoms with Crippen molar-refractivity contribution in [3.05, 3.63) is 11.7 Å². The van der Waals surface area contributed by atoms with Crippen LogP contribution in [0.25, 0.3) is 0 Å². The van der Waals surface area contributed by atoms with Crippen LogP contribution in [0.3, 0.4) is 0 Å². The molecule has 3 heterocycles. The maximum Gasteiger partial charge on any atom is 0.240 e. The number of carbonyl (C=O) groups excluding carboxylic acids is 1. The minimum absolute atomic E-state index is 0.189. The molecule has 3 fully saturated rings. The van der Waals surface area contributed by atoms with Gasteiger partial charge >= 0.3 is 0 Å². The van der Waals surface area contributed by atoms with Crippen LogP contribution < -0.4 is 0 Å². The maximum atomic E-state index is 13.4. The molecular formula is C19H30N4O3. The van der Waals surface area contributed by atoms with Gasteiger partial charge in [-0.2, -0.15) is 4.98 Å². The van der Waals surface area contributed by atoms with Crippen LogP contribution in [0.5, 0.6) is 0 Å². The Hall–Kier alpha value is -1.47. The maximum absolute atomic E-state index is 13.4. The van der Waals surface area contributed by atoms with Gasteiger partial charge in [0.25, 0.3) is 0 Å². The van der Waals surface area contributed by atoms with Crippen LogP contribution in [0.1, 0.15) is 63.1 Å². The molecule has 3 aliphatic rings. The molecule has 144 valence electrons. The first-order valence-corrected chi connectivity index (χ1v) is 10.0. The highest BCUT2D eigenvalue weighted by molar-refractivity contribution is 5.84. The van der Waals surface area contributed by atoms with E-state index in [-0.39, 0.29) is 5.41 Å². The number of aromatic nitrogens is 2. The Labute approximate surface area is 155 Å². The summed E-state index contributed by atoms with van der Waals surface area (Å²) in [5.74, 6) is 1.60. The van der Waals surface area contributed by atoms with Gasteiger partial charge in [-0.3, -0.25) is 9.69 Å². The largest absolute Gasteiger partial charge is 0.377 e. The predicted molar refractivity (Wildman–Crippen MR) is 95.2 cm³/mol. The number of methoxy groups -OCH3 is 1. The highest BCUT2D eigenvalue weighted by atomic mass is 16.5. The molecule has 0 bridgehead atoms. The van der Waals surface area contributed by atoms with E-state index in [4.69, 9.17) is 9.26 Å². The standard InChI is InChI=1S/C19H30N4O3/c1-25-13-16-20-17(26-21-16)12-22-11-9-19(14-22)8-5-10-23(18(19)24)15-6-3-2-4-7-15/h15H,2-14H2,1H3/t19-/m1/s1. The molecule has 2 aliphatic heterocycles. The second-order valence-electron chi connectivity index (χ2n) is 8.17. The number of nitrogens with zero attached hydrogens (tertiary/aromatic N) is 4. The van der Waals surface area contributed by atoms with Crippen molar-refractivity contribution >= 4 is 5.91 Å². The summed E-state index contributed by atoms with van der Waals surface area (Å²) in [5, 5.41) is 3.93. The number of carbonyl (C=O) groups is 1. The third-order valence-electron chi connectivity index (χ3n) is 6.36. The SMILES string of the molecule is COCc1noc(CN2CC[C@]3(CCCN(C4CCCCC4)C3=O)C2)n1. The molecule has 0 unspecified atom stereocenters. The van der Waals surface area contributed by atoms with Crippen molar-refractivity contribution in [3.63, 3.8) is 0 Å². The van der Waals surface area contributed by atoms with Gasteiger partial charge in [-0.05, 0) is 38.6 Å². The van der Waals surface area contributed by atoms with Gasteiger partial charge in [-0.25, -0.2) is 0 Å². The Morgan fingerprint density at radius 1 is 1.19 bits per heavy atom. The lowest BCUT2D eigenvalue weighted by atomic mass is 9.77. The van der Waals surface area contributed by atoms with Crippen molar-refractivity contribution < 1.29 is 14.1 Å². The first-order valence-electron chi connectivity index (χ1n) is 10.0. The molecule has 0 aromatic carbocycles. The minimum Gasteiger partial charge on any atom is -0.377 e. The van der Waals surface area contributed by atoms with E-state index in [1.165, 1.54) is 32.1 Å². The van der Waals surface area contributed by atoms with Crippen LogP contribution in [-0.4, -0.2) is 58.6 Å². The topological polar surface area (TPSA) is 71.7 Å². The molecule has 1 spiro atoms. The molecule has 4 rings (SSSR count). The molecule has 26 heavy (non-hydrogen) atoms. The fourth-order valence-corrected chi connectivity index (χ4v) is 5.05. The second-order valence-corrected chi connectivity index (χ2v) is 8.17. The lowest BCUT2D eigenvalue weighted by Crippen LogP contribution is -2.54. The Morgan fingerprint density at radius 3 is 2.85 bits per heavy atom. The molecule has 0 N–H and O–H groups in total. The summed E-state index contributed by atoms with van der Waals surface area (Å²) >= 11 is 0. The zero-order valence-electron chi connectivity index (χ0n) is 15.8. The molecule has 2 saturated heterocycles. The van der Waals surface area contributed by atoms with E-state index in [2.05, 4.69) is 19.9 Å². The quantitative estimate of drug-likeness (QED) is 0.801. The van der Waals surface area contributed by atoms with Crippen LogP contribution in [0.4, 0.5) is 0 Å². The average Bonchev–Trinajstić information content (AvgIpc) is 3.27. The van der Waals surface area contributed by atoms with E-state index >= 15 is 0 Å². The van der Waals surface area contributed by atoms with Crippen molar-refractivity contribution in [1.29, 1.82) is 0 Å². The molecule has 0 radical (unpaired) electrons. The molecule has 1 atom stereocenters. The second kappa shape index (κ2) is 7.64. The summed E-state index contributed by atoms with van der Waals surface area (Å²) < 4.78 is 10.4. The van der Waals surface area contributed by atoms with E-state index in [9.17, 15) is 4.79 Å². The molecule has 7 heteroatoms. The lowest BCUT2D eigenvalue weighted by Gasteiger charge is -2.44. The molecule has 1 aromatic heterocycles. The van der Waals surface area contributed by atoms with E-state index in [0.717, 1.165) is 38.9 Å². The van der Waals surface area contributed by atoms with Crippen molar-refractivity contribution in [3.8, 4) is 0 Å². The number of ether oxygens (including phenoxy) is 1. The Kier molecular flexibility index (Phi) is 5.27. The summed E-state index contributed by atoms with van der Waals surface area (Å²) in [6.45, 7) is 3.68. The van der Waals surface area contributed by atoms with E-state index in [1.807, 2.05) is 0 Å². The van der Waals surface area contributed by atoms with Crippen molar-refractivity contribution in [1.82, 2.24) is 19.9 Å². The van der Waals surface area contributed by atoms with E-state index in [0.29, 0.717) is 36.8 Å². The normalized spacial score (nSPS) is 28.3. The molecular weight excluding hydrogens is 332 g/mol. The van der Waals surface area contributed by atoms with Gasteiger partial charge in [0.2, 0.25) is 11.8 Å². The summed E-state index contributed by atoms with van der Waals surface area (Å²) in [7, 11) is 1.62. The zero-order valence-corrected chi connectivity index (χ0v) is 15.8. The summed E-state index contributed by atoms with van der Waals surface area (Å²) in [4.78, 5) is 22.3. The Morgan fingerprint density at radius 2 is 2.04 bits per heavy atom. The number of rotatable bonds is 5. The van der Waals surface area contributed by atoms with Crippen molar-refractivity contribution in [2.45, 2.75) is 70.6 Å². The van der Waals surface area contributed by atoms with Crippen LogP contribution in [0.2, 0.25) is 0 Å². The summed E-state index contributed by atoms with van der Waals surface area (Å²) in [6.07, 6.45) is 9.36. The number of amides is 1. The van der Waals surface area contributed by atoms with Gasteiger partial charge < -0.3 is 14.2 Å². The zero-order chi connectivity index (χ0) is 18.0. The molecule has 1 amide bonds. The lowest BCUT2D eigenvalue weighted by molar-refractivity contribution is -0.149. The number of likely N-dealkylation sites (tertiary alicyclic amines) is 2. The van der Waals surface area contributed by atoms with Crippen LogP contribution >= 0.6 is 0 Å². The third-order valence-corrected chi connectivity index (χ3v) is 6.36. The smallest absolute Gasteiger partial charge is 0.240 e. The number of hydrogen-bond donors (Lipinski definition) is 0.